The van der Waals surface area contributed by atoms with Gasteiger partial charge in [-0.25, -0.2) is 0 Å². The second-order valence-corrected chi connectivity index (χ2v) is 4.55. The molecule has 1 aromatic heterocycles. The molecule has 0 saturated heterocycles. The Morgan fingerprint density at radius 2 is 2.11 bits per heavy atom. The first-order chi connectivity index (χ1) is 9.02. The molecule has 0 aliphatic carbocycles. The SMILES string of the molecule is Cc1cc(=O)n(C)c2ccc(OCC(O)CO)cc12. The van der Waals surface area contributed by atoms with Gasteiger partial charge in [-0.15, -0.1) is 0 Å². The van der Waals surface area contributed by atoms with Gasteiger partial charge in [0.15, 0.2) is 0 Å². The minimum absolute atomic E-state index is 0.0345. The zero-order valence-electron chi connectivity index (χ0n) is 11.0. The molecule has 1 aromatic carbocycles. The predicted octanol–water partition coefficient (Wildman–Crippen LogP) is 0.579. The van der Waals surface area contributed by atoms with E-state index in [0.29, 0.717) is 5.75 Å². The van der Waals surface area contributed by atoms with E-state index in [1.165, 1.54) is 0 Å². The average molecular weight is 263 g/mol. The number of nitrogens with zero attached hydrogens (tertiary/aromatic N) is 1. The van der Waals surface area contributed by atoms with Gasteiger partial charge in [0.05, 0.1) is 12.1 Å². The zero-order valence-corrected chi connectivity index (χ0v) is 11.0. The smallest absolute Gasteiger partial charge is 0.251 e. The van der Waals surface area contributed by atoms with Gasteiger partial charge in [-0.1, -0.05) is 0 Å². The Hall–Kier alpha value is -1.85. The molecule has 0 radical (unpaired) electrons. The maximum absolute atomic E-state index is 11.7. The average Bonchev–Trinajstić information content (AvgIpc) is 2.42. The van der Waals surface area contributed by atoms with E-state index >= 15 is 0 Å². The number of aliphatic hydroxyl groups excluding tert-OH is 2. The summed E-state index contributed by atoms with van der Waals surface area (Å²) < 4.78 is 6.97. The fourth-order valence-electron chi connectivity index (χ4n) is 1.94. The van der Waals surface area contributed by atoms with Crippen molar-refractivity contribution in [1.29, 1.82) is 0 Å². The van der Waals surface area contributed by atoms with Gasteiger partial charge < -0.3 is 19.5 Å². The van der Waals surface area contributed by atoms with Crippen LogP contribution >= 0.6 is 0 Å². The van der Waals surface area contributed by atoms with Crippen molar-refractivity contribution < 1.29 is 14.9 Å². The van der Waals surface area contributed by atoms with Crippen LogP contribution in [0.15, 0.2) is 29.1 Å². The monoisotopic (exact) mass is 263 g/mol. The summed E-state index contributed by atoms with van der Waals surface area (Å²) in [4.78, 5) is 11.7. The number of hydrogen-bond acceptors (Lipinski definition) is 4. The number of aryl methyl sites for hydroxylation is 2. The van der Waals surface area contributed by atoms with Gasteiger partial charge in [0.1, 0.15) is 18.5 Å². The summed E-state index contributed by atoms with van der Waals surface area (Å²) in [6.07, 6.45) is -0.892. The van der Waals surface area contributed by atoms with Crippen LogP contribution in [0.5, 0.6) is 5.75 Å². The third kappa shape index (κ3) is 2.77. The first kappa shape index (κ1) is 13.6. The second-order valence-electron chi connectivity index (χ2n) is 4.55. The third-order valence-electron chi connectivity index (χ3n) is 3.08. The number of ether oxygens (including phenoxy) is 1. The van der Waals surface area contributed by atoms with E-state index in [2.05, 4.69) is 0 Å². The van der Waals surface area contributed by atoms with Crippen LogP contribution in [0.4, 0.5) is 0 Å². The van der Waals surface area contributed by atoms with Crippen molar-refractivity contribution in [2.75, 3.05) is 13.2 Å². The molecule has 2 N–H and O–H groups in total. The van der Waals surface area contributed by atoms with Crippen LogP contribution in [-0.4, -0.2) is 34.1 Å². The number of rotatable bonds is 4. The molecule has 5 nitrogen and oxygen atoms in total. The number of aliphatic hydroxyl groups is 2. The van der Waals surface area contributed by atoms with Crippen molar-refractivity contribution in [3.8, 4) is 5.75 Å². The topological polar surface area (TPSA) is 71.7 Å². The van der Waals surface area contributed by atoms with Crippen LogP contribution in [0.25, 0.3) is 10.9 Å². The Balaban J connectivity index is 2.38. The van der Waals surface area contributed by atoms with Gasteiger partial charge in [0, 0.05) is 18.5 Å². The second kappa shape index (κ2) is 5.42. The van der Waals surface area contributed by atoms with Gasteiger partial charge in [-0.3, -0.25) is 4.79 Å². The quantitative estimate of drug-likeness (QED) is 0.846. The molecule has 19 heavy (non-hydrogen) atoms. The molecule has 1 unspecified atom stereocenters. The normalized spacial score (nSPS) is 12.6. The highest BCUT2D eigenvalue weighted by molar-refractivity contribution is 5.83. The summed E-state index contributed by atoms with van der Waals surface area (Å²) in [5, 5.41) is 18.9. The molecule has 0 bridgehead atoms. The van der Waals surface area contributed by atoms with Gasteiger partial charge in [-0.05, 0) is 30.7 Å². The zero-order chi connectivity index (χ0) is 14.0. The fraction of sp³-hybridized carbons (Fsp3) is 0.357. The summed E-state index contributed by atoms with van der Waals surface area (Å²) in [7, 11) is 1.72. The van der Waals surface area contributed by atoms with E-state index in [0.717, 1.165) is 16.5 Å². The van der Waals surface area contributed by atoms with E-state index < -0.39 is 6.10 Å². The van der Waals surface area contributed by atoms with Crippen LogP contribution in [0, 0.1) is 6.92 Å². The molecular formula is C14H17NO4. The van der Waals surface area contributed by atoms with Gasteiger partial charge in [0.2, 0.25) is 0 Å². The highest BCUT2D eigenvalue weighted by Gasteiger charge is 2.07. The van der Waals surface area contributed by atoms with E-state index in [-0.39, 0.29) is 18.8 Å². The van der Waals surface area contributed by atoms with Crippen molar-refractivity contribution in [3.63, 3.8) is 0 Å². The summed E-state index contributed by atoms with van der Waals surface area (Å²) in [5.74, 6) is 0.599. The molecule has 2 aromatic rings. The van der Waals surface area contributed by atoms with Crippen LogP contribution in [0.1, 0.15) is 5.56 Å². The van der Waals surface area contributed by atoms with E-state index in [4.69, 9.17) is 9.84 Å². The summed E-state index contributed by atoms with van der Waals surface area (Å²) in [6, 6.07) is 6.96. The van der Waals surface area contributed by atoms with E-state index in [1.807, 2.05) is 19.1 Å². The van der Waals surface area contributed by atoms with Crippen molar-refractivity contribution in [2.45, 2.75) is 13.0 Å². The molecule has 2 rings (SSSR count). The highest BCUT2D eigenvalue weighted by Crippen LogP contribution is 2.22. The molecule has 0 aliphatic rings. The molecule has 0 amide bonds. The molecule has 1 atom stereocenters. The lowest BCUT2D eigenvalue weighted by atomic mass is 10.1. The predicted molar refractivity (Wildman–Crippen MR) is 72.5 cm³/mol. The number of hydrogen-bond donors (Lipinski definition) is 2. The molecule has 0 saturated carbocycles. The number of pyridine rings is 1. The van der Waals surface area contributed by atoms with Crippen LogP contribution in [0.3, 0.4) is 0 Å². The minimum atomic E-state index is -0.892. The highest BCUT2D eigenvalue weighted by atomic mass is 16.5. The fourth-order valence-corrected chi connectivity index (χ4v) is 1.94. The third-order valence-corrected chi connectivity index (χ3v) is 3.08. The van der Waals surface area contributed by atoms with Crippen LogP contribution < -0.4 is 10.3 Å². The first-order valence-electron chi connectivity index (χ1n) is 6.05. The summed E-state index contributed by atoms with van der Waals surface area (Å²) in [6.45, 7) is 1.57. The molecule has 5 heteroatoms. The standard InChI is InChI=1S/C14H17NO4/c1-9-5-14(18)15(2)13-4-3-11(6-12(9)13)19-8-10(17)7-16/h3-6,10,16-17H,7-8H2,1-2H3. The largest absolute Gasteiger partial charge is 0.491 e. The summed E-state index contributed by atoms with van der Waals surface area (Å²) in [5.41, 5.74) is 1.67. The van der Waals surface area contributed by atoms with Crippen molar-refractivity contribution >= 4 is 10.9 Å². The van der Waals surface area contributed by atoms with Gasteiger partial charge in [-0.2, -0.15) is 0 Å². The molecular weight excluding hydrogens is 246 g/mol. The van der Waals surface area contributed by atoms with Crippen molar-refractivity contribution in [3.05, 3.63) is 40.2 Å². The Morgan fingerprint density at radius 1 is 1.37 bits per heavy atom. The van der Waals surface area contributed by atoms with E-state index in [1.54, 1.807) is 23.7 Å². The molecule has 1 heterocycles. The van der Waals surface area contributed by atoms with Gasteiger partial charge >= 0.3 is 0 Å². The number of benzene rings is 1. The van der Waals surface area contributed by atoms with Crippen molar-refractivity contribution in [1.82, 2.24) is 4.57 Å². The minimum Gasteiger partial charge on any atom is -0.491 e. The maximum Gasteiger partial charge on any atom is 0.251 e. The summed E-state index contributed by atoms with van der Waals surface area (Å²) >= 11 is 0. The van der Waals surface area contributed by atoms with Crippen molar-refractivity contribution in [2.24, 2.45) is 7.05 Å². The Morgan fingerprint density at radius 3 is 2.79 bits per heavy atom. The molecule has 0 spiro atoms. The number of aromatic nitrogens is 1. The van der Waals surface area contributed by atoms with E-state index in [9.17, 15) is 9.90 Å². The van der Waals surface area contributed by atoms with Crippen LogP contribution in [0.2, 0.25) is 0 Å². The first-order valence-corrected chi connectivity index (χ1v) is 6.05. The lowest BCUT2D eigenvalue weighted by molar-refractivity contribution is 0.0536. The molecule has 0 fully saturated rings. The maximum atomic E-state index is 11.7. The lowest BCUT2D eigenvalue weighted by Gasteiger charge is -2.12. The molecule has 102 valence electrons. The van der Waals surface area contributed by atoms with Gasteiger partial charge in [0.25, 0.3) is 5.56 Å². The molecule has 0 aliphatic heterocycles. The van der Waals surface area contributed by atoms with Crippen LogP contribution in [-0.2, 0) is 7.05 Å². The Bertz CT molecular complexity index is 648. The lowest BCUT2D eigenvalue weighted by Crippen LogP contribution is -2.21. The Kier molecular flexibility index (Phi) is 3.87. The Labute approximate surface area is 110 Å². The number of fused-ring (bicyclic) bond motifs is 1.